The third-order valence-corrected chi connectivity index (χ3v) is 4.08. The first-order chi connectivity index (χ1) is 10.8. The lowest BCUT2D eigenvalue weighted by molar-refractivity contribution is -0.172. The van der Waals surface area contributed by atoms with Gasteiger partial charge in [-0.15, -0.1) is 0 Å². The van der Waals surface area contributed by atoms with E-state index in [9.17, 15) is 19.8 Å². The van der Waals surface area contributed by atoms with Crippen LogP contribution in [0.1, 0.15) is 30.9 Å². The van der Waals surface area contributed by atoms with Crippen molar-refractivity contribution in [2.45, 2.75) is 37.9 Å². The number of benzene rings is 1. The molecule has 1 aromatic carbocycles. The number of carbonyl (C=O) groups excluding carboxylic acids is 2. The Hall–Kier alpha value is -2.28. The van der Waals surface area contributed by atoms with Gasteiger partial charge in [-0.2, -0.15) is 0 Å². The number of aromatic hydroxyl groups is 2. The first-order valence-electron chi connectivity index (χ1n) is 7.18. The maximum absolute atomic E-state index is 11.9. The van der Waals surface area contributed by atoms with E-state index >= 15 is 0 Å². The average molecular weight is 324 g/mol. The number of hydrogen-bond donors (Lipinski definition) is 2. The van der Waals surface area contributed by atoms with Crippen molar-refractivity contribution >= 4 is 11.9 Å². The maximum atomic E-state index is 11.9. The van der Waals surface area contributed by atoms with Crippen LogP contribution in [0.3, 0.4) is 0 Å². The third kappa shape index (κ3) is 3.39. The highest BCUT2D eigenvalue weighted by Crippen LogP contribution is 2.43. The molecular formula is C16H20O7. The molecule has 1 unspecified atom stereocenters. The van der Waals surface area contributed by atoms with Crippen molar-refractivity contribution in [3.63, 3.8) is 0 Å². The van der Waals surface area contributed by atoms with E-state index in [0.29, 0.717) is 11.1 Å². The van der Waals surface area contributed by atoms with Crippen LogP contribution in [-0.2, 0) is 35.8 Å². The second-order valence-electron chi connectivity index (χ2n) is 5.64. The van der Waals surface area contributed by atoms with Crippen molar-refractivity contribution in [2.75, 3.05) is 14.2 Å². The summed E-state index contributed by atoms with van der Waals surface area (Å²) in [5.41, 5.74) is 0.289. The molecule has 1 aliphatic rings. The molecule has 0 saturated carbocycles. The number of phenols is 2. The monoisotopic (exact) mass is 324 g/mol. The van der Waals surface area contributed by atoms with Crippen molar-refractivity contribution in [3.05, 3.63) is 23.3 Å². The summed E-state index contributed by atoms with van der Waals surface area (Å²) in [6.45, 7) is 1.72. The van der Waals surface area contributed by atoms with Gasteiger partial charge in [0.15, 0.2) is 17.6 Å². The summed E-state index contributed by atoms with van der Waals surface area (Å²) in [7, 11) is 2.56. The summed E-state index contributed by atoms with van der Waals surface area (Å²) < 4.78 is 15.2. The van der Waals surface area contributed by atoms with Crippen molar-refractivity contribution < 1.29 is 34.0 Å². The Balaban J connectivity index is 2.41. The molecule has 2 rings (SSSR count). The highest BCUT2D eigenvalue weighted by atomic mass is 16.6. The average Bonchev–Trinajstić information content (AvgIpc) is 2.53. The predicted molar refractivity (Wildman–Crippen MR) is 79.0 cm³/mol. The molecule has 23 heavy (non-hydrogen) atoms. The van der Waals surface area contributed by atoms with Crippen LogP contribution in [0.25, 0.3) is 0 Å². The molecule has 1 heterocycles. The molecule has 0 radical (unpaired) electrons. The maximum Gasteiger partial charge on any atom is 0.335 e. The van der Waals surface area contributed by atoms with Gasteiger partial charge in [-0.05, 0) is 36.6 Å². The predicted octanol–water partition coefficient (Wildman–Crippen LogP) is 1.38. The zero-order chi connectivity index (χ0) is 17.2. The van der Waals surface area contributed by atoms with E-state index in [2.05, 4.69) is 4.74 Å². The van der Waals surface area contributed by atoms with E-state index < -0.39 is 23.6 Å². The van der Waals surface area contributed by atoms with Gasteiger partial charge in [0.1, 0.15) is 0 Å². The van der Waals surface area contributed by atoms with Crippen molar-refractivity contribution in [3.8, 4) is 11.5 Å². The number of fused-ring (bicyclic) bond motifs is 1. The smallest absolute Gasteiger partial charge is 0.335 e. The van der Waals surface area contributed by atoms with E-state index in [-0.39, 0.29) is 30.8 Å². The Labute approximate surface area is 133 Å². The van der Waals surface area contributed by atoms with Crippen LogP contribution >= 0.6 is 0 Å². The van der Waals surface area contributed by atoms with Crippen LogP contribution < -0.4 is 0 Å². The Kier molecular flexibility index (Phi) is 4.79. The van der Waals surface area contributed by atoms with Crippen molar-refractivity contribution in [2.24, 2.45) is 0 Å². The van der Waals surface area contributed by atoms with Crippen LogP contribution in [0, 0.1) is 0 Å². The fraction of sp³-hybridized carbons (Fsp3) is 0.500. The van der Waals surface area contributed by atoms with Crippen molar-refractivity contribution in [1.29, 1.82) is 0 Å². The lowest BCUT2D eigenvalue weighted by Crippen LogP contribution is -2.43. The Morgan fingerprint density at radius 1 is 1.26 bits per heavy atom. The van der Waals surface area contributed by atoms with Crippen LogP contribution in [0.5, 0.6) is 11.5 Å². The molecule has 0 aliphatic carbocycles. The summed E-state index contributed by atoms with van der Waals surface area (Å²) in [6.07, 6.45) is -0.296. The van der Waals surface area contributed by atoms with E-state index in [1.807, 2.05) is 0 Å². The molecular weight excluding hydrogens is 304 g/mol. The number of phenolic OH excluding ortho intramolecular Hbond substituents is 2. The van der Waals surface area contributed by atoms with Gasteiger partial charge < -0.3 is 24.4 Å². The number of hydrogen-bond acceptors (Lipinski definition) is 7. The molecule has 0 saturated heterocycles. The van der Waals surface area contributed by atoms with Gasteiger partial charge in [-0.25, -0.2) is 4.79 Å². The van der Waals surface area contributed by atoms with Gasteiger partial charge in [0.05, 0.1) is 19.8 Å². The van der Waals surface area contributed by atoms with Crippen LogP contribution in [0.2, 0.25) is 0 Å². The minimum absolute atomic E-state index is 0.0853. The number of carbonyl (C=O) groups is 2. The Morgan fingerprint density at radius 2 is 1.91 bits per heavy atom. The summed E-state index contributed by atoms with van der Waals surface area (Å²) in [4.78, 5) is 23.3. The van der Waals surface area contributed by atoms with Gasteiger partial charge in [0.2, 0.25) is 0 Å². The first kappa shape index (κ1) is 17.1. The molecule has 1 aliphatic heterocycles. The highest BCUT2D eigenvalue weighted by molar-refractivity contribution is 5.76. The molecule has 0 amide bonds. The Bertz CT molecular complexity index is 625. The SMILES string of the molecule is COC(=O)CCC1(C)O[C@H](C(=O)OC)Cc2cc(O)c(O)cc21. The normalized spacial score (nSPS) is 23.0. The zero-order valence-electron chi connectivity index (χ0n) is 13.3. The van der Waals surface area contributed by atoms with E-state index in [1.165, 1.54) is 26.4 Å². The molecule has 0 aromatic heterocycles. The topological polar surface area (TPSA) is 102 Å². The summed E-state index contributed by atoms with van der Waals surface area (Å²) >= 11 is 0. The lowest BCUT2D eigenvalue weighted by Gasteiger charge is -2.39. The summed E-state index contributed by atoms with van der Waals surface area (Å²) in [5.74, 6) is -1.50. The largest absolute Gasteiger partial charge is 0.504 e. The zero-order valence-corrected chi connectivity index (χ0v) is 13.3. The van der Waals surface area contributed by atoms with Gasteiger partial charge >= 0.3 is 11.9 Å². The third-order valence-electron chi connectivity index (χ3n) is 4.08. The molecule has 7 nitrogen and oxygen atoms in total. The van der Waals surface area contributed by atoms with Crippen LogP contribution in [-0.4, -0.2) is 42.5 Å². The molecule has 1 aromatic rings. The molecule has 2 atom stereocenters. The fourth-order valence-electron chi connectivity index (χ4n) is 2.80. The van der Waals surface area contributed by atoms with Gasteiger partial charge in [-0.3, -0.25) is 4.79 Å². The molecule has 0 bridgehead atoms. The number of ether oxygens (including phenoxy) is 3. The molecule has 0 fully saturated rings. The molecule has 2 N–H and O–H groups in total. The minimum Gasteiger partial charge on any atom is -0.504 e. The fourth-order valence-corrected chi connectivity index (χ4v) is 2.80. The lowest BCUT2D eigenvalue weighted by atomic mass is 9.82. The van der Waals surface area contributed by atoms with Gasteiger partial charge in [0.25, 0.3) is 0 Å². The second kappa shape index (κ2) is 6.45. The van der Waals surface area contributed by atoms with Crippen LogP contribution in [0.15, 0.2) is 12.1 Å². The van der Waals surface area contributed by atoms with Gasteiger partial charge in [0, 0.05) is 12.8 Å². The summed E-state index contributed by atoms with van der Waals surface area (Å²) in [5, 5.41) is 19.5. The van der Waals surface area contributed by atoms with Crippen molar-refractivity contribution in [1.82, 2.24) is 0 Å². The number of rotatable bonds is 4. The molecule has 0 spiro atoms. The second-order valence-corrected chi connectivity index (χ2v) is 5.64. The van der Waals surface area contributed by atoms with Gasteiger partial charge in [-0.1, -0.05) is 0 Å². The van der Waals surface area contributed by atoms with E-state index in [1.54, 1.807) is 6.92 Å². The van der Waals surface area contributed by atoms with E-state index in [4.69, 9.17) is 9.47 Å². The van der Waals surface area contributed by atoms with Crippen LogP contribution in [0.4, 0.5) is 0 Å². The number of esters is 2. The molecule has 126 valence electrons. The van der Waals surface area contributed by atoms with E-state index in [0.717, 1.165) is 0 Å². The first-order valence-corrected chi connectivity index (χ1v) is 7.18. The minimum atomic E-state index is -0.994. The molecule has 7 heteroatoms. The summed E-state index contributed by atoms with van der Waals surface area (Å²) in [6, 6.07) is 2.80. The number of methoxy groups -OCH3 is 2. The quantitative estimate of drug-likeness (QED) is 0.637. The highest BCUT2D eigenvalue weighted by Gasteiger charge is 2.41. The standard InChI is InChI=1S/C16H20O7/c1-16(5-4-14(19)21-2)10-8-12(18)11(17)6-9(10)7-13(23-16)15(20)22-3/h6,8,13,17-18H,4-5,7H2,1-3H3/t13-,16?/m0/s1. The Morgan fingerprint density at radius 3 is 2.52 bits per heavy atom.